The summed E-state index contributed by atoms with van der Waals surface area (Å²) in [6.45, 7) is 9.16. The van der Waals surface area contributed by atoms with Gasteiger partial charge in [0, 0.05) is 89.8 Å². The lowest BCUT2D eigenvalue weighted by Gasteiger charge is -2.39. The maximum absolute atomic E-state index is 16.3. The Hall–Kier alpha value is -5.61. The minimum Gasteiger partial charge on any atom is -0.494 e. The number of methoxy groups -OCH3 is 1. The van der Waals surface area contributed by atoms with Crippen LogP contribution in [0.3, 0.4) is 0 Å². The van der Waals surface area contributed by atoms with Gasteiger partial charge in [0.15, 0.2) is 0 Å². The van der Waals surface area contributed by atoms with Gasteiger partial charge in [-0.05, 0) is 114 Å². The molecule has 2 aliphatic carbocycles. The molecule has 14 heteroatoms. The average Bonchev–Trinajstić information content (AvgIpc) is 4.11. The summed E-state index contributed by atoms with van der Waals surface area (Å²) >= 11 is 13.0. The molecular formula is C55H57Cl2FN6O5. The van der Waals surface area contributed by atoms with Gasteiger partial charge < -0.3 is 30.5 Å². The van der Waals surface area contributed by atoms with Crippen LogP contribution in [0.1, 0.15) is 110 Å². The lowest BCUT2D eigenvalue weighted by molar-refractivity contribution is -0.137. The first-order chi connectivity index (χ1) is 33.1. The number of nitrogens with one attached hydrogen (secondary N) is 4. The van der Waals surface area contributed by atoms with Crippen LogP contribution in [0.2, 0.25) is 10.0 Å². The number of imide groups is 1. The van der Waals surface area contributed by atoms with Crippen LogP contribution in [0.15, 0.2) is 72.8 Å². The second kappa shape index (κ2) is 17.1. The second-order valence-electron chi connectivity index (χ2n) is 21.7. The Morgan fingerprint density at radius 2 is 1.77 bits per heavy atom. The summed E-state index contributed by atoms with van der Waals surface area (Å²) < 4.78 is 22.3. The molecule has 4 amide bonds. The summed E-state index contributed by atoms with van der Waals surface area (Å²) in [6.07, 6.45) is 5.42. The van der Waals surface area contributed by atoms with E-state index in [4.69, 9.17) is 27.9 Å². The fourth-order valence-corrected chi connectivity index (χ4v) is 13.0. The highest BCUT2D eigenvalue weighted by Crippen LogP contribution is 2.60. The van der Waals surface area contributed by atoms with E-state index in [0.29, 0.717) is 53.0 Å². The van der Waals surface area contributed by atoms with Gasteiger partial charge in [-0.15, -0.1) is 0 Å². The second-order valence-corrected chi connectivity index (χ2v) is 22.5. The molecule has 2 spiro atoms. The molecule has 0 aromatic heterocycles. The van der Waals surface area contributed by atoms with Gasteiger partial charge in [0.2, 0.25) is 17.7 Å². The van der Waals surface area contributed by atoms with Crippen molar-refractivity contribution in [2.45, 2.75) is 108 Å². The van der Waals surface area contributed by atoms with Gasteiger partial charge in [-0.2, -0.15) is 0 Å². The Bertz CT molecular complexity index is 2880. The first-order valence-electron chi connectivity index (χ1n) is 24.3. The van der Waals surface area contributed by atoms with E-state index in [1.54, 1.807) is 30.2 Å². The third-order valence-corrected chi connectivity index (χ3v) is 16.9. The number of halogens is 3. The van der Waals surface area contributed by atoms with Crippen molar-refractivity contribution < 1.29 is 28.3 Å². The SMILES string of the molecule is COc1cc(N2CCC3(CC2)C[C@@H]3C#C[C@H]2C[C@@H]2c2cccc3c2CN(C2CCC(=O)NC2=O)C3=O)ccc1NC(=O)[C@@H]1N[C@@H](CC(C)(C)C)[C@@]2(CNc3cc(Cl)ccc32)[C@H]1c1cccc(Cl)c1F. The molecule has 4 N–H and O–H groups in total. The third-order valence-electron chi connectivity index (χ3n) is 16.4. The highest BCUT2D eigenvalue weighted by atomic mass is 35.5. The van der Waals surface area contributed by atoms with Gasteiger partial charge in [0.05, 0.1) is 23.9 Å². The largest absolute Gasteiger partial charge is 0.494 e. The molecule has 1 unspecified atom stereocenters. The van der Waals surface area contributed by atoms with E-state index < -0.39 is 35.1 Å². The molecule has 5 aliphatic heterocycles. The van der Waals surface area contributed by atoms with Crippen molar-refractivity contribution in [3.05, 3.63) is 116 Å². The lowest BCUT2D eigenvalue weighted by atomic mass is 9.63. The molecule has 0 radical (unpaired) electrons. The van der Waals surface area contributed by atoms with Crippen LogP contribution in [-0.4, -0.2) is 73.4 Å². The topological polar surface area (TPSA) is 132 Å². The fourth-order valence-electron chi connectivity index (χ4n) is 12.6. The monoisotopic (exact) mass is 970 g/mol. The zero-order valence-corrected chi connectivity index (χ0v) is 40.8. The highest BCUT2D eigenvalue weighted by molar-refractivity contribution is 6.31. The van der Waals surface area contributed by atoms with E-state index in [0.717, 1.165) is 73.3 Å². The van der Waals surface area contributed by atoms with Gasteiger partial charge in [0.25, 0.3) is 5.91 Å². The Morgan fingerprint density at radius 1 is 0.986 bits per heavy atom. The predicted molar refractivity (Wildman–Crippen MR) is 265 cm³/mol. The van der Waals surface area contributed by atoms with E-state index in [2.05, 4.69) is 64.8 Å². The molecule has 11 rings (SSSR count). The van der Waals surface area contributed by atoms with Crippen molar-refractivity contribution >= 4 is 63.9 Å². The van der Waals surface area contributed by atoms with Gasteiger partial charge in [-0.25, -0.2) is 4.39 Å². The van der Waals surface area contributed by atoms with E-state index >= 15 is 4.39 Å². The molecule has 11 nitrogen and oxygen atoms in total. The van der Waals surface area contributed by atoms with Crippen LogP contribution in [0.5, 0.6) is 5.75 Å². The Labute approximate surface area is 412 Å². The van der Waals surface area contributed by atoms with E-state index in [1.165, 1.54) is 0 Å². The number of amides is 4. The molecule has 7 aliphatic rings. The van der Waals surface area contributed by atoms with Gasteiger partial charge in [0.1, 0.15) is 17.6 Å². The molecule has 358 valence electrons. The molecular weight excluding hydrogens is 915 g/mol. The highest BCUT2D eigenvalue weighted by Gasteiger charge is 2.62. The Balaban J connectivity index is 0.758. The number of fused-ring (bicyclic) bond motifs is 3. The number of anilines is 3. The number of carbonyl (C=O) groups is 4. The zero-order valence-electron chi connectivity index (χ0n) is 39.3. The number of nitrogens with zero attached hydrogens (tertiary/aromatic N) is 2. The summed E-state index contributed by atoms with van der Waals surface area (Å²) in [4.78, 5) is 56.6. The summed E-state index contributed by atoms with van der Waals surface area (Å²) in [5.74, 6) is 6.45. The van der Waals surface area contributed by atoms with Crippen molar-refractivity contribution in [1.29, 1.82) is 0 Å². The molecule has 4 aromatic rings. The van der Waals surface area contributed by atoms with Crippen molar-refractivity contribution in [3.63, 3.8) is 0 Å². The number of rotatable bonds is 8. The van der Waals surface area contributed by atoms with Crippen molar-refractivity contribution in [3.8, 4) is 17.6 Å². The molecule has 2 saturated carbocycles. The minimum atomic E-state index is -0.820. The number of ether oxygens (including phenoxy) is 1. The minimum absolute atomic E-state index is 0.0108. The summed E-state index contributed by atoms with van der Waals surface area (Å²) in [5.41, 5.74) is 6.00. The van der Waals surface area contributed by atoms with Crippen LogP contribution in [0.4, 0.5) is 21.5 Å². The normalized spacial score (nSPS) is 28.4. The van der Waals surface area contributed by atoms with Crippen LogP contribution < -0.4 is 30.9 Å². The van der Waals surface area contributed by atoms with E-state index in [-0.39, 0.29) is 57.9 Å². The van der Waals surface area contributed by atoms with Crippen molar-refractivity contribution in [2.75, 3.05) is 42.3 Å². The Kier molecular flexibility index (Phi) is 11.3. The summed E-state index contributed by atoms with van der Waals surface area (Å²) in [7, 11) is 1.61. The summed E-state index contributed by atoms with van der Waals surface area (Å²) in [6, 6.07) is 21.0. The van der Waals surface area contributed by atoms with Crippen LogP contribution in [-0.2, 0) is 26.3 Å². The Morgan fingerprint density at radius 3 is 2.54 bits per heavy atom. The number of carbonyl (C=O) groups excluding carboxylic acids is 4. The van der Waals surface area contributed by atoms with Gasteiger partial charge in [-0.3, -0.25) is 24.5 Å². The van der Waals surface area contributed by atoms with E-state index in [9.17, 15) is 19.2 Å². The maximum atomic E-state index is 16.3. The quantitative estimate of drug-likeness (QED) is 0.102. The fraction of sp³-hybridized carbons (Fsp3) is 0.455. The van der Waals surface area contributed by atoms with E-state index in [1.807, 2.05) is 48.5 Å². The molecule has 3 saturated heterocycles. The number of piperidine rings is 2. The molecule has 5 heterocycles. The lowest BCUT2D eigenvalue weighted by Crippen LogP contribution is -2.52. The van der Waals surface area contributed by atoms with Crippen LogP contribution in [0.25, 0.3) is 0 Å². The maximum Gasteiger partial charge on any atom is 0.255 e. The first-order valence-corrected chi connectivity index (χ1v) is 25.1. The predicted octanol–water partition coefficient (Wildman–Crippen LogP) is 9.18. The van der Waals surface area contributed by atoms with Crippen molar-refractivity contribution in [1.82, 2.24) is 15.5 Å². The third kappa shape index (κ3) is 8.02. The number of hydrogen-bond donors (Lipinski definition) is 4. The molecule has 69 heavy (non-hydrogen) atoms. The number of hydrogen-bond acceptors (Lipinski definition) is 8. The molecule has 8 atom stereocenters. The zero-order chi connectivity index (χ0) is 48.1. The standard InChI is InChI=1S/C55H57Cl2FN6O5/c1-53(2,3)27-45-55(29-59-42-24-32(56)13-15-39(42)55)47(36-9-6-10-40(57)48(36)58)49(61-45)51(67)60-41-16-14-33(25-44(41)69-4)63-21-19-54(20-22-63)26-31(54)12-11-30-23-37(30)34-7-5-8-35-38(34)28-64(52(35)68)43-17-18-46(65)62-50(43)66/h5-10,13-16,24-25,30-31,37,43,45,47,49,59,61H,17-23,26-29H2,1-4H3,(H,60,67)(H,62,65,66)/t30-,31-,37-,43?,45-,47-,49+,55-/m0/s1. The van der Waals surface area contributed by atoms with Gasteiger partial charge in [-0.1, -0.05) is 86.1 Å². The van der Waals surface area contributed by atoms with Crippen molar-refractivity contribution in [2.24, 2.45) is 22.7 Å². The molecule has 0 bridgehead atoms. The summed E-state index contributed by atoms with van der Waals surface area (Å²) in [5, 5.41) is 13.5. The molecule has 4 aromatic carbocycles. The molecule has 5 fully saturated rings. The first kappa shape index (κ1) is 45.8. The van der Waals surface area contributed by atoms with Gasteiger partial charge >= 0.3 is 0 Å². The van der Waals surface area contributed by atoms with Crippen LogP contribution >= 0.6 is 23.2 Å². The number of benzene rings is 4. The van der Waals surface area contributed by atoms with Crippen LogP contribution in [0, 0.1) is 40.3 Å². The average molecular weight is 972 g/mol. The smallest absolute Gasteiger partial charge is 0.255 e.